The zero-order chi connectivity index (χ0) is 32.1. The maximum Gasteiger partial charge on any atom is 0.308 e. The first-order valence-corrected chi connectivity index (χ1v) is 14.5. The van der Waals surface area contributed by atoms with Crippen molar-refractivity contribution in [2.24, 2.45) is 24.3 Å². The predicted molar refractivity (Wildman–Crippen MR) is 157 cm³/mol. The second kappa shape index (κ2) is 11.5. The largest absolute Gasteiger partial charge is 0.466 e. The Hall–Kier alpha value is -4.59. The maximum atomic E-state index is 15.6. The molecule has 0 bridgehead atoms. The Kier molecular flexibility index (Phi) is 8.05. The van der Waals surface area contributed by atoms with Gasteiger partial charge in [0.15, 0.2) is 11.6 Å². The van der Waals surface area contributed by atoms with Gasteiger partial charge in [-0.2, -0.15) is 5.26 Å². The summed E-state index contributed by atoms with van der Waals surface area (Å²) in [5.41, 5.74) is 2.50. The highest BCUT2D eigenvalue weighted by Crippen LogP contribution is 2.65. The molecule has 1 aromatic heterocycles. The highest BCUT2D eigenvalue weighted by Gasteiger charge is 2.69. The van der Waals surface area contributed by atoms with Gasteiger partial charge in [-0.05, 0) is 84.5 Å². The lowest BCUT2D eigenvalue weighted by Gasteiger charge is -2.31. The average molecular weight is 604 g/mol. The molecule has 2 aliphatic rings. The molecule has 1 N–H and O–H groups in total. The van der Waals surface area contributed by atoms with Crippen LogP contribution in [0.3, 0.4) is 0 Å². The van der Waals surface area contributed by atoms with E-state index in [0.717, 1.165) is 6.07 Å². The number of aromatic nitrogens is 2. The first-order chi connectivity index (χ1) is 20.8. The number of nitrogens with one attached hydrogen (secondary N) is 1. The number of esters is 1. The van der Waals surface area contributed by atoms with E-state index in [1.165, 1.54) is 17.3 Å². The van der Waals surface area contributed by atoms with E-state index < -0.39 is 47.9 Å². The molecule has 11 heteroatoms. The van der Waals surface area contributed by atoms with Crippen molar-refractivity contribution in [2.75, 3.05) is 13.2 Å². The Balaban J connectivity index is 1.53. The molecule has 2 aromatic carbocycles. The van der Waals surface area contributed by atoms with Gasteiger partial charge in [-0.3, -0.25) is 14.4 Å². The van der Waals surface area contributed by atoms with Crippen LogP contribution in [0.4, 0.5) is 8.78 Å². The number of ether oxygens (including phenoxy) is 1. The number of carbonyl (C=O) groups is 3. The Morgan fingerprint density at radius 3 is 2.45 bits per heavy atom. The average Bonchev–Trinajstić information content (AvgIpc) is 3.32. The molecule has 1 unspecified atom stereocenters. The second-order valence-electron chi connectivity index (χ2n) is 12.3. The summed E-state index contributed by atoms with van der Waals surface area (Å²) < 4.78 is 37.6. The Morgan fingerprint density at radius 2 is 1.86 bits per heavy atom. The number of hydrogen-bond acceptors (Lipinski definition) is 6. The highest BCUT2D eigenvalue weighted by atomic mass is 19.2. The third-order valence-electron chi connectivity index (χ3n) is 9.04. The molecule has 44 heavy (non-hydrogen) atoms. The Labute approximate surface area is 254 Å². The number of hydrogen-bond donors (Lipinski definition) is 1. The number of benzene rings is 2. The van der Waals surface area contributed by atoms with Gasteiger partial charge in [-0.1, -0.05) is 13.8 Å². The monoisotopic (exact) mass is 603 g/mol. The summed E-state index contributed by atoms with van der Waals surface area (Å²) >= 11 is 0. The lowest BCUT2D eigenvalue weighted by atomic mass is 9.90. The molecule has 5 rings (SSSR count). The number of fused-ring (bicyclic) bond motifs is 1. The van der Waals surface area contributed by atoms with E-state index in [0.29, 0.717) is 34.4 Å². The summed E-state index contributed by atoms with van der Waals surface area (Å²) in [7, 11) is 1.74. The van der Waals surface area contributed by atoms with Crippen molar-refractivity contribution in [3.8, 4) is 17.2 Å². The molecular weight excluding hydrogens is 568 g/mol. The highest BCUT2D eigenvalue weighted by molar-refractivity contribution is 5.97. The molecule has 0 radical (unpaired) electrons. The second-order valence-corrected chi connectivity index (χ2v) is 12.3. The van der Waals surface area contributed by atoms with Crippen LogP contribution >= 0.6 is 0 Å². The Bertz CT molecular complexity index is 1690. The molecule has 1 aliphatic heterocycles. The summed E-state index contributed by atoms with van der Waals surface area (Å²) in [5, 5.41) is 12.1. The van der Waals surface area contributed by atoms with Gasteiger partial charge in [0.2, 0.25) is 5.91 Å². The van der Waals surface area contributed by atoms with Crippen LogP contribution in [-0.4, -0.2) is 51.4 Å². The van der Waals surface area contributed by atoms with Gasteiger partial charge in [0.1, 0.15) is 11.7 Å². The van der Waals surface area contributed by atoms with E-state index in [1.807, 2.05) is 13.8 Å². The van der Waals surface area contributed by atoms with Crippen LogP contribution < -0.4 is 5.32 Å². The number of nitriles is 1. The normalized spacial score (nSPS) is 20.4. The Morgan fingerprint density at radius 1 is 1.18 bits per heavy atom. The number of amides is 2. The molecule has 1 saturated carbocycles. The fourth-order valence-electron chi connectivity index (χ4n) is 6.84. The summed E-state index contributed by atoms with van der Waals surface area (Å²) in [6, 6.07) is 5.69. The van der Waals surface area contributed by atoms with Crippen molar-refractivity contribution >= 4 is 17.8 Å². The molecule has 2 heterocycles. The first kappa shape index (κ1) is 30.9. The molecule has 1 saturated heterocycles. The minimum atomic E-state index is -1.29. The van der Waals surface area contributed by atoms with Gasteiger partial charge >= 0.3 is 5.97 Å². The van der Waals surface area contributed by atoms with Crippen molar-refractivity contribution < 1.29 is 27.9 Å². The maximum absolute atomic E-state index is 15.6. The number of likely N-dealkylation sites (tertiary alicyclic amines) is 1. The van der Waals surface area contributed by atoms with Crippen molar-refractivity contribution in [3.05, 3.63) is 76.4 Å². The molecule has 4 atom stereocenters. The summed E-state index contributed by atoms with van der Waals surface area (Å²) in [4.78, 5) is 45.8. The third kappa shape index (κ3) is 5.45. The number of rotatable bonds is 8. The van der Waals surface area contributed by atoms with E-state index in [9.17, 15) is 19.6 Å². The quantitative estimate of drug-likeness (QED) is 0.371. The zero-order valence-electron chi connectivity index (χ0n) is 25.6. The molecule has 0 spiro atoms. The van der Waals surface area contributed by atoms with Crippen LogP contribution in [-0.2, 0) is 21.4 Å². The first-order valence-electron chi connectivity index (χ1n) is 14.5. The SMILES string of the molecule is CCOC(=O)C[C@H](NC(=O)[C@@H]1[C@@H]2C(CN1C(=O)c1cn(C)cn1)C2(C)C)c1cc(-c2c(C)cc(C#N)cc2C)cc(F)c1F. The number of imidazole rings is 1. The van der Waals surface area contributed by atoms with Gasteiger partial charge in [0.05, 0.1) is 37.0 Å². The van der Waals surface area contributed by atoms with Gasteiger partial charge < -0.3 is 19.5 Å². The van der Waals surface area contributed by atoms with Gasteiger partial charge in [0, 0.05) is 25.4 Å². The lowest BCUT2D eigenvalue weighted by molar-refractivity contribution is -0.144. The third-order valence-corrected chi connectivity index (χ3v) is 9.04. The van der Waals surface area contributed by atoms with Gasteiger partial charge in [-0.25, -0.2) is 13.8 Å². The van der Waals surface area contributed by atoms with Gasteiger partial charge in [0.25, 0.3) is 5.91 Å². The van der Waals surface area contributed by atoms with E-state index in [4.69, 9.17) is 4.74 Å². The predicted octanol–water partition coefficient (Wildman–Crippen LogP) is 4.76. The number of piperidine rings is 1. The summed E-state index contributed by atoms with van der Waals surface area (Å²) in [6.07, 6.45) is 2.62. The molecule has 230 valence electrons. The smallest absolute Gasteiger partial charge is 0.308 e. The van der Waals surface area contributed by atoms with Crippen LogP contribution in [0.25, 0.3) is 11.1 Å². The summed E-state index contributed by atoms with van der Waals surface area (Å²) in [6.45, 7) is 9.63. The zero-order valence-corrected chi connectivity index (χ0v) is 25.6. The number of aryl methyl sites for hydroxylation is 3. The van der Waals surface area contributed by atoms with Crippen molar-refractivity contribution in [2.45, 2.75) is 53.1 Å². The van der Waals surface area contributed by atoms with E-state index >= 15 is 8.78 Å². The fourth-order valence-corrected chi connectivity index (χ4v) is 6.84. The molecule has 3 aromatic rings. The van der Waals surface area contributed by atoms with E-state index in [-0.39, 0.29) is 35.1 Å². The van der Waals surface area contributed by atoms with Crippen LogP contribution in [0.2, 0.25) is 0 Å². The number of carbonyl (C=O) groups excluding carboxylic acids is 3. The van der Waals surface area contributed by atoms with Crippen LogP contribution in [0.15, 0.2) is 36.8 Å². The standard InChI is InChI=1S/C33H35F2N5O4/c1-7-44-26(41)12-24(21-10-20(11-23(34)29(21)35)27-17(2)8-19(13-36)9-18(27)3)38-31(42)30-28-22(33(28,4)5)14-40(30)32(43)25-15-39(6)16-37-25/h8-11,15-16,22,24,28,30H,7,12,14H2,1-6H3,(H,38,42)/t22?,24-,28-,30-/m0/s1. The van der Waals surface area contributed by atoms with E-state index in [1.54, 1.807) is 50.7 Å². The molecule has 1 aliphatic carbocycles. The minimum absolute atomic E-state index is 0.0624. The summed E-state index contributed by atoms with van der Waals surface area (Å²) in [5.74, 6) is -4.11. The minimum Gasteiger partial charge on any atom is -0.466 e. The van der Waals surface area contributed by atoms with Crippen LogP contribution in [0, 0.1) is 54.1 Å². The topological polar surface area (TPSA) is 117 Å². The molecule has 2 amide bonds. The van der Waals surface area contributed by atoms with Crippen molar-refractivity contribution in [1.82, 2.24) is 19.8 Å². The van der Waals surface area contributed by atoms with Crippen LogP contribution in [0.1, 0.15) is 66.0 Å². The molecular formula is C33H35F2N5O4. The number of halogens is 2. The van der Waals surface area contributed by atoms with E-state index in [2.05, 4.69) is 16.4 Å². The van der Waals surface area contributed by atoms with Crippen molar-refractivity contribution in [3.63, 3.8) is 0 Å². The van der Waals surface area contributed by atoms with Crippen LogP contribution in [0.5, 0.6) is 0 Å². The molecule has 2 fully saturated rings. The molecule has 9 nitrogen and oxygen atoms in total. The lowest BCUT2D eigenvalue weighted by Crippen LogP contribution is -2.51. The van der Waals surface area contributed by atoms with Gasteiger partial charge in [-0.15, -0.1) is 0 Å². The number of nitrogens with zero attached hydrogens (tertiary/aromatic N) is 4. The van der Waals surface area contributed by atoms with Crippen molar-refractivity contribution in [1.29, 1.82) is 5.26 Å². The fraction of sp³-hybridized carbons (Fsp3) is 0.424.